The lowest BCUT2D eigenvalue weighted by atomic mass is 10.1. The molecule has 2 heterocycles. The normalized spacial score (nSPS) is 11.1. The molecular weight excluding hydrogens is 502 g/mol. The molecule has 8 nitrogen and oxygen atoms in total. The number of halogens is 2. The standard InChI is InChI=1S/C29H22F2N6O2/c30-23-10-8-20(16-24(23)31)18-37-14-13-32-26(28(37)39)27(38)33-12-4-5-19-9-11-25-21(15-19)17-34-29(36-25)35-22-6-2-1-3-7-22/h1-11,13-17H,12,18H2,(H,33,38)(H,34,35,36)/b5-4+. The molecule has 2 N–H and O–H groups in total. The van der Waals surface area contributed by atoms with Crippen molar-refractivity contribution in [2.75, 3.05) is 11.9 Å². The van der Waals surface area contributed by atoms with Gasteiger partial charge in [-0.15, -0.1) is 0 Å². The quantitative estimate of drug-likeness (QED) is 0.305. The maximum Gasteiger partial charge on any atom is 0.282 e. The molecule has 0 aliphatic rings. The third-order valence-corrected chi connectivity index (χ3v) is 5.79. The lowest BCUT2D eigenvalue weighted by Crippen LogP contribution is -2.34. The van der Waals surface area contributed by atoms with Crippen molar-refractivity contribution in [3.63, 3.8) is 0 Å². The number of nitrogens with zero attached hydrogens (tertiary/aromatic N) is 4. The van der Waals surface area contributed by atoms with Gasteiger partial charge in [-0.05, 0) is 47.5 Å². The van der Waals surface area contributed by atoms with Gasteiger partial charge >= 0.3 is 0 Å². The van der Waals surface area contributed by atoms with E-state index in [9.17, 15) is 18.4 Å². The second-order valence-electron chi connectivity index (χ2n) is 8.57. The minimum absolute atomic E-state index is 0.0335. The Hall–Kier alpha value is -5.25. The SMILES string of the molecule is O=C(NC/C=C/c1ccc2nc(Nc3ccccc3)ncc2c1)c1nccn(Cc2ccc(F)c(F)c2)c1=O. The van der Waals surface area contributed by atoms with Crippen LogP contribution in [0.5, 0.6) is 0 Å². The van der Waals surface area contributed by atoms with Crippen molar-refractivity contribution in [2.24, 2.45) is 0 Å². The van der Waals surface area contributed by atoms with Gasteiger partial charge < -0.3 is 15.2 Å². The molecule has 5 rings (SSSR count). The number of rotatable bonds is 8. The van der Waals surface area contributed by atoms with Crippen molar-refractivity contribution in [1.29, 1.82) is 0 Å². The average molecular weight is 525 g/mol. The summed E-state index contributed by atoms with van der Waals surface area (Å²) in [7, 11) is 0. The summed E-state index contributed by atoms with van der Waals surface area (Å²) in [5, 5.41) is 6.66. The van der Waals surface area contributed by atoms with E-state index >= 15 is 0 Å². The maximum atomic E-state index is 13.5. The largest absolute Gasteiger partial charge is 0.347 e. The fourth-order valence-corrected chi connectivity index (χ4v) is 3.86. The molecule has 0 aliphatic carbocycles. The summed E-state index contributed by atoms with van der Waals surface area (Å²) in [5.41, 5.74) is 2.00. The van der Waals surface area contributed by atoms with Gasteiger partial charge in [-0.1, -0.05) is 42.5 Å². The number of anilines is 2. The van der Waals surface area contributed by atoms with Crippen LogP contribution in [0.3, 0.4) is 0 Å². The van der Waals surface area contributed by atoms with E-state index in [1.54, 1.807) is 12.3 Å². The van der Waals surface area contributed by atoms with E-state index in [0.717, 1.165) is 34.3 Å². The summed E-state index contributed by atoms with van der Waals surface area (Å²) in [5.74, 6) is -2.13. The van der Waals surface area contributed by atoms with E-state index in [1.807, 2.05) is 54.6 Å². The van der Waals surface area contributed by atoms with Gasteiger partial charge in [0.1, 0.15) is 0 Å². The fourth-order valence-electron chi connectivity index (χ4n) is 3.86. The number of carbonyl (C=O) groups is 1. The Morgan fingerprint density at radius 1 is 0.974 bits per heavy atom. The van der Waals surface area contributed by atoms with Gasteiger partial charge in [-0.3, -0.25) is 9.59 Å². The Balaban J connectivity index is 1.20. The molecular formula is C29H22F2N6O2. The molecule has 0 spiro atoms. The number of hydrogen-bond donors (Lipinski definition) is 2. The van der Waals surface area contributed by atoms with E-state index in [1.165, 1.54) is 23.0 Å². The molecule has 194 valence electrons. The molecule has 0 aliphatic heterocycles. The van der Waals surface area contributed by atoms with Crippen molar-refractivity contribution in [2.45, 2.75) is 6.54 Å². The molecule has 1 amide bonds. The monoisotopic (exact) mass is 524 g/mol. The van der Waals surface area contributed by atoms with Gasteiger partial charge in [-0.25, -0.2) is 23.7 Å². The van der Waals surface area contributed by atoms with Gasteiger partial charge in [0.15, 0.2) is 17.3 Å². The van der Waals surface area contributed by atoms with E-state index in [-0.39, 0.29) is 18.8 Å². The van der Waals surface area contributed by atoms with Crippen LogP contribution in [0.2, 0.25) is 0 Å². The molecule has 10 heteroatoms. The van der Waals surface area contributed by atoms with Crippen molar-refractivity contribution >= 4 is 34.5 Å². The van der Waals surface area contributed by atoms with Gasteiger partial charge in [0.2, 0.25) is 5.95 Å². The molecule has 0 atom stereocenters. The Morgan fingerprint density at radius 2 is 1.82 bits per heavy atom. The Morgan fingerprint density at radius 3 is 2.64 bits per heavy atom. The summed E-state index contributed by atoms with van der Waals surface area (Å²) < 4.78 is 27.9. The third kappa shape index (κ3) is 6.19. The van der Waals surface area contributed by atoms with Crippen LogP contribution in [0.1, 0.15) is 21.6 Å². The third-order valence-electron chi connectivity index (χ3n) is 5.79. The summed E-state index contributed by atoms with van der Waals surface area (Å²) in [6.07, 6.45) is 8.00. The summed E-state index contributed by atoms with van der Waals surface area (Å²) in [6.45, 7) is 0.126. The second-order valence-corrected chi connectivity index (χ2v) is 8.57. The number of fused-ring (bicyclic) bond motifs is 1. The highest BCUT2D eigenvalue weighted by Gasteiger charge is 2.14. The Labute approximate surface area is 221 Å². The van der Waals surface area contributed by atoms with Crippen LogP contribution in [0.4, 0.5) is 20.4 Å². The van der Waals surface area contributed by atoms with E-state index in [0.29, 0.717) is 11.5 Å². The first-order valence-corrected chi connectivity index (χ1v) is 12.0. The number of aromatic nitrogens is 4. The molecule has 0 saturated carbocycles. The van der Waals surface area contributed by atoms with Gasteiger partial charge in [-0.2, -0.15) is 0 Å². The predicted octanol–water partition coefficient (Wildman–Crippen LogP) is 4.70. The van der Waals surface area contributed by atoms with Crippen LogP contribution >= 0.6 is 0 Å². The molecule has 3 aromatic carbocycles. The summed E-state index contributed by atoms with van der Waals surface area (Å²) in [6, 6.07) is 18.7. The molecule has 0 unspecified atom stereocenters. The predicted molar refractivity (Wildman–Crippen MR) is 145 cm³/mol. The van der Waals surface area contributed by atoms with Crippen LogP contribution < -0.4 is 16.2 Å². The van der Waals surface area contributed by atoms with Crippen LogP contribution in [-0.4, -0.2) is 32.0 Å². The molecule has 5 aromatic rings. The number of carbonyl (C=O) groups excluding carboxylic acids is 1. The smallest absolute Gasteiger partial charge is 0.282 e. The maximum absolute atomic E-state index is 13.5. The Kier molecular flexibility index (Phi) is 7.44. The van der Waals surface area contributed by atoms with Gasteiger partial charge in [0.25, 0.3) is 11.5 Å². The molecule has 0 fully saturated rings. The van der Waals surface area contributed by atoms with E-state index in [4.69, 9.17) is 0 Å². The lowest BCUT2D eigenvalue weighted by Gasteiger charge is -2.08. The van der Waals surface area contributed by atoms with E-state index < -0.39 is 23.1 Å². The highest BCUT2D eigenvalue weighted by molar-refractivity contribution is 5.92. The van der Waals surface area contributed by atoms with Crippen molar-refractivity contribution < 1.29 is 13.6 Å². The molecule has 2 aromatic heterocycles. The number of para-hydroxylation sites is 1. The number of nitrogens with one attached hydrogen (secondary N) is 2. The van der Waals surface area contributed by atoms with Gasteiger partial charge in [0.05, 0.1) is 12.1 Å². The number of amides is 1. The van der Waals surface area contributed by atoms with Crippen molar-refractivity contribution in [3.05, 3.63) is 130 Å². The Bertz CT molecular complexity index is 1740. The first kappa shape index (κ1) is 25.4. The highest BCUT2D eigenvalue weighted by Crippen LogP contribution is 2.18. The fraction of sp³-hybridized carbons (Fsp3) is 0.0690. The van der Waals surface area contributed by atoms with Gasteiger partial charge in [0, 0.05) is 36.2 Å². The topological polar surface area (TPSA) is 102 Å². The summed E-state index contributed by atoms with van der Waals surface area (Å²) in [4.78, 5) is 38.1. The first-order valence-electron chi connectivity index (χ1n) is 12.0. The summed E-state index contributed by atoms with van der Waals surface area (Å²) >= 11 is 0. The van der Waals surface area contributed by atoms with Crippen LogP contribution in [0.15, 0.2) is 96.2 Å². The van der Waals surface area contributed by atoms with E-state index in [2.05, 4.69) is 25.6 Å². The van der Waals surface area contributed by atoms with Crippen molar-refractivity contribution in [3.8, 4) is 0 Å². The number of benzene rings is 3. The van der Waals surface area contributed by atoms with Crippen LogP contribution in [0.25, 0.3) is 17.0 Å². The number of hydrogen-bond acceptors (Lipinski definition) is 6. The minimum atomic E-state index is -1.01. The molecule has 39 heavy (non-hydrogen) atoms. The van der Waals surface area contributed by atoms with Crippen LogP contribution in [-0.2, 0) is 6.54 Å². The second kappa shape index (κ2) is 11.4. The molecule has 0 saturated heterocycles. The minimum Gasteiger partial charge on any atom is -0.347 e. The molecule has 0 radical (unpaired) electrons. The average Bonchev–Trinajstić information content (AvgIpc) is 2.94. The van der Waals surface area contributed by atoms with Crippen molar-refractivity contribution in [1.82, 2.24) is 24.8 Å². The lowest BCUT2D eigenvalue weighted by molar-refractivity contribution is 0.0950. The zero-order valence-corrected chi connectivity index (χ0v) is 20.5. The molecule has 0 bridgehead atoms. The zero-order valence-electron chi connectivity index (χ0n) is 20.5. The first-order chi connectivity index (χ1) is 19.0. The van der Waals surface area contributed by atoms with Crippen LogP contribution in [0, 0.1) is 11.6 Å². The zero-order chi connectivity index (χ0) is 27.2. The highest BCUT2D eigenvalue weighted by atomic mass is 19.2.